The van der Waals surface area contributed by atoms with E-state index in [-0.39, 0.29) is 6.54 Å². The minimum Gasteiger partial charge on any atom is -0.300 e. The van der Waals surface area contributed by atoms with E-state index in [4.69, 9.17) is 0 Å². The highest BCUT2D eigenvalue weighted by Crippen LogP contribution is 2.27. The van der Waals surface area contributed by atoms with Crippen LogP contribution in [0.3, 0.4) is 0 Å². The van der Waals surface area contributed by atoms with Crippen molar-refractivity contribution in [1.82, 2.24) is 4.90 Å². The van der Waals surface area contributed by atoms with E-state index in [1.54, 1.807) is 11.9 Å². The molecule has 1 heterocycles. The molecule has 1 aromatic rings. The van der Waals surface area contributed by atoms with Gasteiger partial charge in [0.05, 0.1) is 0 Å². The van der Waals surface area contributed by atoms with Gasteiger partial charge >= 0.3 is 6.18 Å². The van der Waals surface area contributed by atoms with E-state index in [9.17, 15) is 13.2 Å². The number of hydrogen-bond donors (Lipinski definition) is 0. The highest BCUT2D eigenvalue weighted by molar-refractivity contribution is 9.10. The van der Waals surface area contributed by atoms with Gasteiger partial charge in [-0.15, -0.1) is 11.3 Å². The van der Waals surface area contributed by atoms with Gasteiger partial charge in [-0.1, -0.05) is 15.9 Å². The molecule has 0 amide bonds. The van der Waals surface area contributed by atoms with Crippen LogP contribution in [0.5, 0.6) is 0 Å². The van der Waals surface area contributed by atoms with E-state index < -0.39 is 11.0 Å². The standard InChI is InChI=1S/C9H10Br2F3NS/c1-15(4-8(11)9(12,13)14)3-7-2-6(10)5-16-7/h2,5,8H,3-4H2,1H3. The van der Waals surface area contributed by atoms with Crippen molar-refractivity contribution in [2.24, 2.45) is 0 Å². The lowest BCUT2D eigenvalue weighted by Gasteiger charge is -2.21. The molecular weight excluding hydrogens is 371 g/mol. The second kappa shape index (κ2) is 5.84. The highest BCUT2D eigenvalue weighted by Gasteiger charge is 2.38. The molecule has 0 fully saturated rings. The number of nitrogens with zero attached hydrogens (tertiary/aromatic N) is 1. The first-order valence-corrected chi connectivity index (χ1v) is 7.00. The molecule has 16 heavy (non-hydrogen) atoms. The Labute approximate surface area is 113 Å². The molecule has 0 saturated carbocycles. The maximum Gasteiger partial charge on any atom is 0.402 e. The van der Waals surface area contributed by atoms with E-state index in [2.05, 4.69) is 31.9 Å². The Morgan fingerprint density at radius 2 is 2.12 bits per heavy atom. The van der Waals surface area contributed by atoms with Gasteiger partial charge in [-0.25, -0.2) is 0 Å². The van der Waals surface area contributed by atoms with Crippen LogP contribution in [0.4, 0.5) is 13.2 Å². The van der Waals surface area contributed by atoms with E-state index in [0.717, 1.165) is 9.35 Å². The number of halogens is 5. The molecule has 0 saturated heterocycles. The van der Waals surface area contributed by atoms with E-state index >= 15 is 0 Å². The maximum absolute atomic E-state index is 12.3. The monoisotopic (exact) mass is 379 g/mol. The van der Waals surface area contributed by atoms with Gasteiger partial charge in [0.25, 0.3) is 0 Å². The van der Waals surface area contributed by atoms with Crippen LogP contribution in [0, 0.1) is 0 Å². The lowest BCUT2D eigenvalue weighted by Crippen LogP contribution is -2.34. The summed E-state index contributed by atoms with van der Waals surface area (Å²) in [6, 6.07) is 1.91. The lowest BCUT2D eigenvalue weighted by molar-refractivity contribution is -0.130. The molecule has 0 aromatic carbocycles. The third kappa shape index (κ3) is 4.73. The minimum atomic E-state index is -4.19. The molecule has 1 rings (SSSR count). The first-order chi connectivity index (χ1) is 7.29. The van der Waals surface area contributed by atoms with Gasteiger partial charge in [-0.3, -0.25) is 4.90 Å². The molecule has 0 aliphatic rings. The molecule has 7 heteroatoms. The average molecular weight is 381 g/mol. The summed E-state index contributed by atoms with van der Waals surface area (Å²) < 4.78 is 37.8. The third-order valence-electron chi connectivity index (χ3n) is 1.87. The van der Waals surface area contributed by atoms with E-state index in [1.165, 1.54) is 11.3 Å². The summed E-state index contributed by atoms with van der Waals surface area (Å²) in [6.45, 7) is 0.466. The zero-order valence-corrected chi connectivity index (χ0v) is 12.4. The first-order valence-electron chi connectivity index (χ1n) is 4.41. The Balaban J connectivity index is 2.45. The van der Waals surface area contributed by atoms with Crippen molar-refractivity contribution in [2.75, 3.05) is 13.6 Å². The van der Waals surface area contributed by atoms with Crippen LogP contribution < -0.4 is 0 Å². The summed E-state index contributed by atoms with van der Waals surface area (Å²) >= 11 is 7.48. The number of rotatable bonds is 4. The van der Waals surface area contributed by atoms with Gasteiger partial charge in [-0.05, 0) is 29.0 Å². The number of alkyl halides is 4. The lowest BCUT2D eigenvalue weighted by atomic mass is 10.3. The molecule has 0 aliphatic heterocycles. The van der Waals surface area contributed by atoms with Crippen molar-refractivity contribution in [3.63, 3.8) is 0 Å². The minimum absolute atomic E-state index is 0.0565. The summed E-state index contributed by atoms with van der Waals surface area (Å²) in [5.74, 6) is 0. The van der Waals surface area contributed by atoms with E-state index in [1.807, 2.05) is 11.4 Å². The summed E-state index contributed by atoms with van der Waals surface area (Å²) in [5.41, 5.74) is 0. The average Bonchev–Trinajstić information content (AvgIpc) is 2.49. The first kappa shape index (κ1) is 14.5. The molecule has 1 aromatic heterocycles. The maximum atomic E-state index is 12.3. The fourth-order valence-corrected chi connectivity index (χ4v) is 3.17. The molecule has 1 atom stereocenters. The molecule has 0 bridgehead atoms. The molecule has 1 nitrogen and oxygen atoms in total. The Bertz CT molecular complexity index is 340. The van der Waals surface area contributed by atoms with Crippen LogP contribution in [0.1, 0.15) is 4.88 Å². The topological polar surface area (TPSA) is 3.24 Å². The van der Waals surface area contributed by atoms with Crippen molar-refractivity contribution in [2.45, 2.75) is 17.5 Å². The smallest absolute Gasteiger partial charge is 0.300 e. The zero-order chi connectivity index (χ0) is 12.3. The van der Waals surface area contributed by atoms with E-state index in [0.29, 0.717) is 6.54 Å². The van der Waals surface area contributed by atoms with Gasteiger partial charge in [0, 0.05) is 27.8 Å². The summed E-state index contributed by atoms with van der Waals surface area (Å²) in [5, 5.41) is 1.92. The van der Waals surface area contributed by atoms with Crippen LogP contribution >= 0.6 is 43.2 Å². The third-order valence-corrected chi connectivity index (χ3v) is 4.37. The normalized spacial score (nSPS) is 14.4. The summed E-state index contributed by atoms with van der Waals surface area (Å²) in [7, 11) is 1.67. The molecule has 0 N–H and O–H groups in total. The predicted octanol–water partition coefficient (Wildman–Crippen LogP) is 4.27. The molecular formula is C9H10Br2F3NS. The van der Waals surface area contributed by atoms with Crippen molar-refractivity contribution < 1.29 is 13.2 Å². The van der Waals surface area contributed by atoms with Gasteiger partial charge in [-0.2, -0.15) is 13.2 Å². The van der Waals surface area contributed by atoms with Crippen molar-refractivity contribution >= 4 is 43.2 Å². The second-order valence-electron chi connectivity index (χ2n) is 3.44. The Hall–Kier alpha value is 0.410. The Morgan fingerprint density at radius 1 is 1.50 bits per heavy atom. The van der Waals surface area contributed by atoms with Gasteiger partial charge in [0.2, 0.25) is 0 Å². The number of hydrogen-bond acceptors (Lipinski definition) is 2. The van der Waals surface area contributed by atoms with Gasteiger partial charge in [0.15, 0.2) is 0 Å². The molecule has 0 spiro atoms. The van der Waals surface area contributed by atoms with Gasteiger partial charge < -0.3 is 0 Å². The van der Waals surface area contributed by atoms with Crippen molar-refractivity contribution in [1.29, 1.82) is 0 Å². The van der Waals surface area contributed by atoms with Gasteiger partial charge in [0.1, 0.15) is 4.83 Å². The Morgan fingerprint density at radius 3 is 2.56 bits per heavy atom. The van der Waals surface area contributed by atoms with Crippen LogP contribution in [0.25, 0.3) is 0 Å². The van der Waals surface area contributed by atoms with Crippen LogP contribution in [0.15, 0.2) is 15.9 Å². The zero-order valence-electron chi connectivity index (χ0n) is 8.39. The number of thiophene rings is 1. The Kier molecular flexibility index (Phi) is 5.28. The van der Waals surface area contributed by atoms with Crippen molar-refractivity contribution in [3.8, 4) is 0 Å². The predicted molar refractivity (Wildman–Crippen MR) is 67.1 cm³/mol. The largest absolute Gasteiger partial charge is 0.402 e. The SMILES string of the molecule is CN(Cc1cc(Br)cs1)CC(Br)C(F)(F)F. The fraction of sp³-hybridized carbons (Fsp3) is 0.556. The molecule has 1 unspecified atom stereocenters. The molecule has 0 radical (unpaired) electrons. The van der Waals surface area contributed by atoms with Crippen LogP contribution in [-0.2, 0) is 6.54 Å². The molecule has 92 valence electrons. The summed E-state index contributed by atoms with van der Waals surface area (Å²) in [4.78, 5) is 1.20. The second-order valence-corrected chi connectivity index (χ2v) is 6.45. The van der Waals surface area contributed by atoms with Crippen LogP contribution in [-0.4, -0.2) is 29.5 Å². The van der Waals surface area contributed by atoms with Crippen LogP contribution in [0.2, 0.25) is 0 Å². The van der Waals surface area contributed by atoms with Crippen molar-refractivity contribution in [3.05, 3.63) is 20.8 Å². The quantitative estimate of drug-likeness (QED) is 0.705. The highest BCUT2D eigenvalue weighted by atomic mass is 79.9. The fourth-order valence-electron chi connectivity index (χ4n) is 1.14. The molecule has 0 aliphatic carbocycles. The summed E-state index contributed by atoms with van der Waals surface area (Å²) in [6.07, 6.45) is -4.19.